The number of hydrogen-bond donors (Lipinski definition) is 0. The van der Waals surface area contributed by atoms with Gasteiger partial charge in [-0.25, -0.2) is 17.6 Å². The summed E-state index contributed by atoms with van der Waals surface area (Å²) < 4.78 is 63.8. The molecule has 0 aromatic heterocycles. The van der Waals surface area contributed by atoms with E-state index in [-0.39, 0.29) is 23.1 Å². The highest BCUT2D eigenvalue weighted by molar-refractivity contribution is 5.65. The molecule has 0 bridgehead atoms. The van der Waals surface area contributed by atoms with Crippen LogP contribution in [-0.2, 0) is 17.6 Å². The first-order valence-corrected chi connectivity index (χ1v) is 12.6. The SMILES string of the molecule is CCC1CCC(c2ccc(-c3ccc(CCc4ccc(C5CO5)c(F)c4F)cc3)c(F)c2F)CC1. The molecule has 0 amide bonds. The normalized spacial score (nSPS) is 21.8. The van der Waals surface area contributed by atoms with E-state index in [4.69, 9.17) is 4.74 Å². The Hall–Kier alpha value is -2.66. The van der Waals surface area contributed by atoms with Crippen molar-refractivity contribution in [2.75, 3.05) is 6.61 Å². The summed E-state index contributed by atoms with van der Waals surface area (Å²) in [6.07, 6.45) is 5.61. The standard InChI is InChI=1S/C30H30F4O/c1-2-18-3-8-20(9-4-18)23-15-16-24(29(33)28(23)32)21-10-5-19(6-11-21)7-12-22-13-14-25(26-17-35-26)30(34)27(22)31/h5-6,10-11,13-16,18,20,26H,2-4,7-9,12,17H2,1H3. The predicted molar refractivity (Wildman–Crippen MR) is 129 cm³/mol. The van der Waals surface area contributed by atoms with Gasteiger partial charge in [-0.15, -0.1) is 0 Å². The summed E-state index contributed by atoms with van der Waals surface area (Å²) in [4.78, 5) is 0. The maximum atomic E-state index is 15.0. The van der Waals surface area contributed by atoms with E-state index in [1.54, 1.807) is 36.4 Å². The van der Waals surface area contributed by atoms with Gasteiger partial charge < -0.3 is 4.74 Å². The van der Waals surface area contributed by atoms with Gasteiger partial charge in [-0.1, -0.05) is 61.9 Å². The van der Waals surface area contributed by atoms with Gasteiger partial charge in [-0.2, -0.15) is 0 Å². The smallest absolute Gasteiger partial charge is 0.166 e. The van der Waals surface area contributed by atoms with Crippen molar-refractivity contribution in [2.45, 2.75) is 63.9 Å². The number of hydrogen-bond acceptors (Lipinski definition) is 1. The molecule has 3 aromatic rings. The third kappa shape index (κ3) is 5.02. The first-order chi connectivity index (χ1) is 17.0. The third-order valence-corrected chi connectivity index (χ3v) is 7.80. The second kappa shape index (κ2) is 10.1. The lowest BCUT2D eigenvalue weighted by Gasteiger charge is -2.28. The molecule has 184 valence electrons. The van der Waals surface area contributed by atoms with E-state index in [0.717, 1.165) is 37.7 Å². The first kappa shape index (κ1) is 24.1. The van der Waals surface area contributed by atoms with E-state index in [2.05, 4.69) is 6.92 Å². The predicted octanol–water partition coefficient (Wildman–Crippen LogP) is 8.45. The van der Waals surface area contributed by atoms with Crippen LogP contribution in [0, 0.1) is 29.2 Å². The maximum absolute atomic E-state index is 15.0. The number of aryl methyl sites for hydroxylation is 2. The highest BCUT2D eigenvalue weighted by atomic mass is 19.2. The second-order valence-corrected chi connectivity index (χ2v) is 9.92. The van der Waals surface area contributed by atoms with Crippen LogP contribution in [0.15, 0.2) is 48.5 Å². The Morgan fingerprint density at radius 3 is 2.03 bits per heavy atom. The fourth-order valence-electron chi connectivity index (χ4n) is 5.39. The molecule has 2 fully saturated rings. The summed E-state index contributed by atoms with van der Waals surface area (Å²) in [5.74, 6) is -2.41. The van der Waals surface area contributed by atoms with Crippen molar-refractivity contribution in [3.63, 3.8) is 0 Å². The minimum Gasteiger partial charge on any atom is -0.368 e. The lowest BCUT2D eigenvalue weighted by molar-refractivity contribution is 0.312. The molecule has 35 heavy (non-hydrogen) atoms. The van der Waals surface area contributed by atoms with Gasteiger partial charge in [0, 0.05) is 11.1 Å². The fraction of sp³-hybridized carbons (Fsp3) is 0.400. The number of halogens is 4. The number of epoxide rings is 1. The molecule has 5 rings (SSSR count). The van der Waals surface area contributed by atoms with Crippen LogP contribution >= 0.6 is 0 Å². The van der Waals surface area contributed by atoms with Gasteiger partial charge in [-0.05, 0) is 72.6 Å². The zero-order valence-corrected chi connectivity index (χ0v) is 19.9. The number of benzene rings is 3. The summed E-state index contributed by atoms with van der Waals surface area (Å²) in [7, 11) is 0. The molecular formula is C30H30F4O. The molecule has 2 aliphatic rings. The molecule has 1 aliphatic carbocycles. The lowest BCUT2D eigenvalue weighted by Crippen LogP contribution is -2.14. The molecule has 0 spiro atoms. The van der Waals surface area contributed by atoms with Crippen LogP contribution in [0.4, 0.5) is 17.6 Å². The summed E-state index contributed by atoms with van der Waals surface area (Å²) >= 11 is 0. The van der Waals surface area contributed by atoms with E-state index in [9.17, 15) is 8.78 Å². The van der Waals surface area contributed by atoms with Crippen molar-refractivity contribution in [3.05, 3.63) is 94.1 Å². The molecule has 5 heteroatoms. The fourth-order valence-corrected chi connectivity index (χ4v) is 5.39. The molecule has 1 saturated heterocycles. The molecule has 1 heterocycles. The van der Waals surface area contributed by atoms with E-state index in [0.29, 0.717) is 42.1 Å². The topological polar surface area (TPSA) is 12.5 Å². The van der Waals surface area contributed by atoms with E-state index in [1.165, 1.54) is 0 Å². The van der Waals surface area contributed by atoms with Gasteiger partial charge in [0.2, 0.25) is 0 Å². The van der Waals surface area contributed by atoms with Gasteiger partial charge >= 0.3 is 0 Å². The van der Waals surface area contributed by atoms with Crippen LogP contribution in [0.5, 0.6) is 0 Å². The Morgan fingerprint density at radius 2 is 1.37 bits per heavy atom. The number of rotatable bonds is 7. The van der Waals surface area contributed by atoms with Crippen molar-refractivity contribution in [2.24, 2.45) is 5.92 Å². The van der Waals surface area contributed by atoms with Crippen LogP contribution in [0.25, 0.3) is 11.1 Å². The third-order valence-electron chi connectivity index (χ3n) is 7.80. The van der Waals surface area contributed by atoms with Gasteiger partial charge in [0.1, 0.15) is 6.10 Å². The summed E-state index contributed by atoms with van der Waals surface area (Å²) in [5.41, 5.74) is 2.82. The van der Waals surface area contributed by atoms with Crippen molar-refractivity contribution in [1.29, 1.82) is 0 Å². The Kier molecular flexibility index (Phi) is 6.97. The average Bonchev–Trinajstić information content (AvgIpc) is 3.72. The molecule has 1 aliphatic heterocycles. The Labute approximate surface area is 204 Å². The van der Waals surface area contributed by atoms with E-state index >= 15 is 8.78 Å². The Bertz CT molecular complexity index is 1190. The Morgan fingerprint density at radius 1 is 0.714 bits per heavy atom. The van der Waals surface area contributed by atoms with Crippen LogP contribution in [0.2, 0.25) is 0 Å². The zero-order chi connectivity index (χ0) is 24.5. The molecular weight excluding hydrogens is 452 g/mol. The second-order valence-electron chi connectivity index (χ2n) is 9.92. The van der Waals surface area contributed by atoms with E-state index in [1.807, 2.05) is 12.1 Å². The van der Waals surface area contributed by atoms with Crippen LogP contribution in [0.3, 0.4) is 0 Å². The largest absolute Gasteiger partial charge is 0.368 e. The van der Waals surface area contributed by atoms with Crippen LogP contribution in [0.1, 0.15) is 73.3 Å². The molecule has 1 atom stereocenters. The summed E-state index contributed by atoms with van der Waals surface area (Å²) in [6.45, 7) is 2.61. The summed E-state index contributed by atoms with van der Waals surface area (Å²) in [6, 6.07) is 13.8. The van der Waals surface area contributed by atoms with Crippen molar-refractivity contribution in [1.82, 2.24) is 0 Å². The van der Waals surface area contributed by atoms with Crippen molar-refractivity contribution < 1.29 is 22.3 Å². The van der Waals surface area contributed by atoms with Crippen molar-refractivity contribution >= 4 is 0 Å². The molecule has 1 nitrogen and oxygen atoms in total. The van der Waals surface area contributed by atoms with Gasteiger partial charge in [-0.3, -0.25) is 0 Å². The quantitative estimate of drug-likeness (QED) is 0.243. The molecule has 3 aromatic carbocycles. The van der Waals surface area contributed by atoms with Crippen molar-refractivity contribution in [3.8, 4) is 11.1 Å². The molecule has 1 saturated carbocycles. The average molecular weight is 483 g/mol. The Balaban J connectivity index is 1.26. The highest BCUT2D eigenvalue weighted by Crippen LogP contribution is 2.40. The van der Waals surface area contributed by atoms with Crippen LogP contribution in [-0.4, -0.2) is 6.61 Å². The molecule has 1 unspecified atom stereocenters. The molecule has 0 radical (unpaired) electrons. The first-order valence-electron chi connectivity index (χ1n) is 12.6. The number of ether oxygens (including phenoxy) is 1. The molecule has 0 N–H and O–H groups in total. The highest BCUT2D eigenvalue weighted by Gasteiger charge is 2.30. The monoisotopic (exact) mass is 482 g/mol. The van der Waals surface area contributed by atoms with Gasteiger partial charge in [0.05, 0.1) is 6.61 Å². The maximum Gasteiger partial charge on any atom is 0.166 e. The zero-order valence-electron chi connectivity index (χ0n) is 19.9. The van der Waals surface area contributed by atoms with E-state index < -0.39 is 23.3 Å². The lowest BCUT2D eigenvalue weighted by atomic mass is 9.77. The summed E-state index contributed by atoms with van der Waals surface area (Å²) in [5, 5.41) is 0. The van der Waals surface area contributed by atoms with Gasteiger partial charge in [0.15, 0.2) is 23.3 Å². The van der Waals surface area contributed by atoms with Gasteiger partial charge in [0.25, 0.3) is 0 Å². The van der Waals surface area contributed by atoms with Crippen LogP contribution < -0.4 is 0 Å². The minimum atomic E-state index is -0.834. The minimum absolute atomic E-state index is 0.0832.